The minimum Gasteiger partial charge on any atom is -0.506 e. The molecule has 1 fully saturated rings. The normalized spacial score (nSPS) is 17.4. The van der Waals surface area contributed by atoms with E-state index in [9.17, 15) is 14.7 Å². The Labute approximate surface area is 148 Å². The Balaban J connectivity index is 2.10. The molecule has 8 heteroatoms. The number of likely N-dealkylation sites (N-methyl/N-ethyl adjacent to an activating group) is 2. The molecule has 2 amide bonds. The highest BCUT2D eigenvalue weighted by Gasteiger charge is 2.41. The van der Waals surface area contributed by atoms with Crippen molar-refractivity contribution >= 4 is 35.3 Å². The average molecular weight is 366 g/mol. The van der Waals surface area contributed by atoms with Crippen LogP contribution in [0.2, 0.25) is 0 Å². The van der Waals surface area contributed by atoms with Crippen LogP contribution in [0.25, 0.3) is 0 Å². The van der Waals surface area contributed by atoms with Crippen LogP contribution in [0.5, 0.6) is 11.5 Å². The van der Waals surface area contributed by atoms with E-state index in [2.05, 4.69) is 0 Å². The van der Waals surface area contributed by atoms with E-state index in [-0.39, 0.29) is 29.2 Å². The van der Waals surface area contributed by atoms with Gasteiger partial charge in [-0.05, 0) is 32.4 Å². The van der Waals surface area contributed by atoms with Crippen molar-refractivity contribution in [2.24, 2.45) is 0 Å². The molecule has 2 aliphatic heterocycles. The standard InChI is InChI=1S/C16H18N2O4S2/c1-7(2)22-9-6-8(3)11(19)13-12(9)23-16(24-13)10-14(20)17(4)18(5)15(10)21/h6-7,19H,1-5H3. The molecule has 0 spiro atoms. The predicted molar refractivity (Wildman–Crippen MR) is 92.9 cm³/mol. The van der Waals surface area contributed by atoms with Crippen molar-refractivity contribution in [3.05, 3.63) is 21.4 Å². The molecule has 0 saturated carbocycles. The molecule has 6 nitrogen and oxygen atoms in total. The molecular formula is C16H18N2O4S2. The molecule has 1 saturated heterocycles. The second-order valence-corrected chi connectivity index (χ2v) is 8.19. The first-order valence-corrected chi connectivity index (χ1v) is 9.04. The molecule has 128 valence electrons. The Morgan fingerprint density at radius 3 is 2.17 bits per heavy atom. The summed E-state index contributed by atoms with van der Waals surface area (Å²) >= 11 is 2.54. The number of rotatable bonds is 2. The minimum absolute atomic E-state index is 0.0210. The van der Waals surface area contributed by atoms with Crippen molar-refractivity contribution in [2.75, 3.05) is 14.1 Å². The van der Waals surface area contributed by atoms with Crippen LogP contribution >= 0.6 is 23.5 Å². The summed E-state index contributed by atoms with van der Waals surface area (Å²) in [5.41, 5.74) is 0.834. The van der Waals surface area contributed by atoms with E-state index in [1.165, 1.54) is 33.5 Å². The highest BCUT2D eigenvalue weighted by atomic mass is 32.2. The maximum atomic E-state index is 12.4. The lowest BCUT2D eigenvalue weighted by molar-refractivity contribution is -0.141. The largest absolute Gasteiger partial charge is 0.506 e. The number of benzene rings is 1. The van der Waals surface area contributed by atoms with Crippen molar-refractivity contribution < 1.29 is 19.4 Å². The molecule has 2 heterocycles. The zero-order valence-corrected chi connectivity index (χ0v) is 15.7. The van der Waals surface area contributed by atoms with Crippen LogP contribution in [-0.2, 0) is 9.59 Å². The van der Waals surface area contributed by atoms with E-state index in [1.807, 2.05) is 13.8 Å². The summed E-state index contributed by atoms with van der Waals surface area (Å²) in [5.74, 6) is 0.137. The number of carbonyl (C=O) groups is 2. The van der Waals surface area contributed by atoms with Gasteiger partial charge in [0.1, 0.15) is 17.1 Å². The maximum Gasteiger partial charge on any atom is 0.279 e. The molecular weight excluding hydrogens is 348 g/mol. The lowest BCUT2D eigenvalue weighted by Gasteiger charge is -2.16. The molecule has 0 atom stereocenters. The number of carbonyl (C=O) groups excluding carboxylic acids is 2. The number of hydrogen-bond donors (Lipinski definition) is 1. The zero-order chi connectivity index (χ0) is 17.8. The lowest BCUT2D eigenvalue weighted by Crippen LogP contribution is -2.33. The van der Waals surface area contributed by atoms with Crippen LogP contribution in [0.4, 0.5) is 0 Å². The molecule has 0 radical (unpaired) electrons. The second-order valence-electron chi connectivity index (χ2n) is 5.89. The van der Waals surface area contributed by atoms with Gasteiger partial charge in [0.15, 0.2) is 0 Å². The van der Waals surface area contributed by atoms with Crippen LogP contribution in [0.1, 0.15) is 19.4 Å². The molecule has 1 aromatic rings. The van der Waals surface area contributed by atoms with E-state index < -0.39 is 0 Å². The molecule has 24 heavy (non-hydrogen) atoms. The maximum absolute atomic E-state index is 12.4. The molecule has 0 bridgehead atoms. The van der Waals surface area contributed by atoms with Gasteiger partial charge in [0.2, 0.25) is 0 Å². The van der Waals surface area contributed by atoms with Gasteiger partial charge in [-0.3, -0.25) is 19.6 Å². The number of aryl methyl sites for hydroxylation is 1. The molecule has 3 rings (SSSR count). The van der Waals surface area contributed by atoms with Crippen molar-refractivity contribution in [3.8, 4) is 11.5 Å². The van der Waals surface area contributed by atoms with Crippen molar-refractivity contribution in [2.45, 2.75) is 36.7 Å². The van der Waals surface area contributed by atoms with Gasteiger partial charge in [0, 0.05) is 14.1 Å². The summed E-state index contributed by atoms with van der Waals surface area (Å²) in [7, 11) is 3.11. The molecule has 0 aliphatic carbocycles. The molecule has 0 aromatic heterocycles. The smallest absolute Gasteiger partial charge is 0.279 e. The fraction of sp³-hybridized carbons (Fsp3) is 0.375. The summed E-state index contributed by atoms with van der Waals surface area (Å²) in [6, 6.07) is 1.78. The van der Waals surface area contributed by atoms with Crippen LogP contribution in [0.3, 0.4) is 0 Å². The lowest BCUT2D eigenvalue weighted by atomic mass is 10.2. The topological polar surface area (TPSA) is 70.1 Å². The molecule has 2 aliphatic rings. The van der Waals surface area contributed by atoms with Crippen LogP contribution < -0.4 is 4.74 Å². The van der Waals surface area contributed by atoms with Gasteiger partial charge in [-0.2, -0.15) is 0 Å². The first-order chi connectivity index (χ1) is 11.2. The average Bonchev–Trinajstić information content (AvgIpc) is 3.02. The number of hydrazine groups is 1. The van der Waals surface area contributed by atoms with Crippen molar-refractivity contribution in [3.63, 3.8) is 0 Å². The van der Waals surface area contributed by atoms with Gasteiger partial charge in [0.05, 0.1) is 20.1 Å². The first-order valence-electron chi connectivity index (χ1n) is 7.41. The third-order valence-corrected chi connectivity index (χ3v) is 6.41. The number of hydrogen-bond acceptors (Lipinski definition) is 6. The fourth-order valence-corrected chi connectivity index (χ4v) is 5.12. The molecule has 1 aromatic carbocycles. The zero-order valence-electron chi connectivity index (χ0n) is 14.0. The number of phenolic OH excluding ortho intramolecular Hbond substituents is 1. The van der Waals surface area contributed by atoms with E-state index in [1.54, 1.807) is 27.1 Å². The summed E-state index contributed by atoms with van der Waals surface area (Å²) in [5, 5.41) is 12.9. The Morgan fingerprint density at radius 1 is 1.08 bits per heavy atom. The summed E-state index contributed by atoms with van der Waals surface area (Å²) in [6.45, 7) is 5.65. The quantitative estimate of drug-likeness (QED) is 0.641. The van der Waals surface area contributed by atoms with Gasteiger partial charge in [0.25, 0.3) is 11.8 Å². The number of nitrogens with zero attached hydrogens (tertiary/aromatic N) is 2. The van der Waals surface area contributed by atoms with Gasteiger partial charge >= 0.3 is 0 Å². The minimum atomic E-state index is -0.340. The third kappa shape index (κ3) is 2.53. The van der Waals surface area contributed by atoms with E-state index in [0.29, 0.717) is 20.4 Å². The van der Waals surface area contributed by atoms with Crippen LogP contribution in [0, 0.1) is 6.92 Å². The van der Waals surface area contributed by atoms with Gasteiger partial charge < -0.3 is 9.84 Å². The van der Waals surface area contributed by atoms with Gasteiger partial charge in [-0.1, -0.05) is 23.5 Å². The van der Waals surface area contributed by atoms with E-state index in [0.717, 1.165) is 4.90 Å². The summed E-state index contributed by atoms with van der Waals surface area (Å²) in [6.07, 6.45) is -0.0210. The number of thioether (sulfide) groups is 2. The van der Waals surface area contributed by atoms with Crippen molar-refractivity contribution in [1.29, 1.82) is 0 Å². The number of amides is 2. The number of aromatic hydroxyl groups is 1. The van der Waals surface area contributed by atoms with Gasteiger partial charge in [-0.15, -0.1) is 0 Å². The molecule has 1 N–H and O–H groups in total. The van der Waals surface area contributed by atoms with Crippen molar-refractivity contribution in [1.82, 2.24) is 10.0 Å². The second kappa shape index (κ2) is 5.93. The highest BCUT2D eigenvalue weighted by Crippen LogP contribution is 2.60. The fourth-order valence-electron chi connectivity index (χ4n) is 2.43. The van der Waals surface area contributed by atoms with Gasteiger partial charge in [-0.25, -0.2) is 0 Å². The number of phenols is 1. The van der Waals surface area contributed by atoms with Crippen LogP contribution in [-0.4, -0.2) is 47.1 Å². The predicted octanol–water partition coefficient (Wildman–Crippen LogP) is 2.74. The Bertz CT molecular complexity index is 767. The third-order valence-electron chi connectivity index (χ3n) is 3.79. The Kier molecular flexibility index (Phi) is 4.21. The number of ether oxygens (including phenoxy) is 1. The Hall–Kier alpha value is -1.80. The number of fused-ring (bicyclic) bond motifs is 1. The molecule has 0 unspecified atom stereocenters. The summed E-state index contributed by atoms with van der Waals surface area (Å²) < 4.78 is 6.42. The first kappa shape index (κ1) is 17.0. The monoisotopic (exact) mass is 366 g/mol. The summed E-state index contributed by atoms with van der Waals surface area (Å²) in [4.78, 5) is 26.1. The van der Waals surface area contributed by atoms with E-state index >= 15 is 0 Å². The highest BCUT2D eigenvalue weighted by molar-refractivity contribution is 8.25. The van der Waals surface area contributed by atoms with E-state index in [4.69, 9.17) is 4.74 Å². The Morgan fingerprint density at radius 2 is 1.62 bits per heavy atom. The van der Waals surface area contributed by atoms with Crippen LogP contribution in [0.15, 0.2) is 25.7 Å². The SMILES string of the molecule is Cc1cc(OC(C)C)c2c(c1O)SC(=C1C(=O)N(C)N(C)C1=O)S2.